The van der Waals surface area contributed by atoms with Crippen LogP contribution in [0, 0.1) is 0 Å². The van der Waals surface area contributed by atoms with Gasteiger partial charge < -0.3 is 14.9 Å². The molecular formula is C19H17NO6. The lowest BCUT2D eigenvalue weighted by Crippen LogP contribution is -2.46. The van der Waals surface area contributed by atoms with Gasteiger partial charge in [-0.3, -0.25) is 14.5 Å². The highest BCUT2D eigenvalue weighted by Gasteiger charge is 2.39. The highest BCUT2D eigenvalue weighted by molar-refractivity contribution is 6.21. The van der Waals surface area contributed by atoms with Gasteiger partial charge in [0, 0.05) is 0 Å². The van der Waals surface area contributed by atoms with E-state index >= 15 is 0 Å². The van der Waals surface area contributed by atoms with Crippen LogP contribution in [0.5, 0.6) is 0 Å². The average molecular weight is 355 g/mol. The van der Waals surface area contributed by atoms with Gasteiger partial charge in [0.15, 0.2) is 6.10 Å². The van der Waals surface area contributed by atoms with Gasteiger partial charge >= 0.3 is 5.97 Å². The number of amides is 2. The molecule has 0 spiro atoms. The number of aliphatic carboxylic acids is 1. The number of carboxylic acid groups (broad SMARTS) is 1. The van der Waals surface area contributed by atoms with Crippen molar-refractivity contribution in [1.82, 2.24) is 4.90 Å². The zero-order valence-corrected chi connectivity index (χ0v) is 13.7. The third kappa shape index (κ3) is 3.49. The van der Waals surface area contributed by atoms with Gasteiger partial charge in [-0.25, -0.2) is 4.79 Å². The smallest absolute Gasteiger partial charge is 0.335 e. The highest BCUT2D eigenvalue weighted by atomic mass is 16.5. The van der Waals surface area contributed by atoms with Crippen molar-refractivity contribution in [2.24, 2.45) is 0 Å². The number of imide groups is 1. The normalized spacial score (nSPS) is 15.7. The summed E-state index contributed by atoms with van der Waals surface area (Å²) in [5.74, 6) is -2.55. The lowest BCUT2D eigenvalue weighted by molar-refractivity contribution is -0.157. The van der Waals surface area contributed by atoms with Crippen molar-refractivity contribution < 1.29 is 29.3 Å². The van der Waals surface area contributed by atoms with Gasteiger partial charge in [-0.05, 0) is 17.7 Å². The number of ether oxygens (including phenoxy) is 1. The Morgan fingerprint density at radius 1 is 0.962 bits per heavy atom. The number of carboxylic acids is 1. The molecule has 2 aromatic rings. The first kappa shape index (κ1) is 17.8. The summed E-state index contributed by atoms with van der Waals surface area (Å²) in [5, 5.41) is 19.1. The maximum Gasteiger partial charge on any atom is 0.335 e. The highest BCUT2D eigenvalue weighted by Crippen LogP contribution is 2.23. The maximum absolute atomic E-state index is 12.4. The van der Waals surface area contributed by atoms with E-state index < -0.39 is 30.0 Å². The van der Waals surface area contributed by atoms with Gasteiger partial charge in [0.2, 0.25) is 0 Å². The van der Waals surface area contributed by atoms with E-state index in [-0.39, 0.29) is 24.3 Å². The van der Waals surface area contributed by atoms with E-state index in [1.807, 2.05) is 6.07 Å². The molecule has 0 aromatic heterocycles. The number of benzene rings is 2. The molecule has 0 bridgehead atoms. The van der Waals surface area contributed by atoms with Gasteiger partial charge in [0.05, 0.1) is 24.3 Å². The SMILES string of the molecule is O=C(O)C(O)C(CN1C(=O)c2ccccc2C1=O)OCc1ccccc1. The average Bonchev–Trinajstić information content (AvgIpc) is 2.90. The van der Waals surface area contributed by atoms with Crippen LogP contribution < -0.4 is 0 Å². The molecule has 1 aliphatic rings. The number of nitrogens with zero attached hydrogens (tertiary/aromatic N) is 1. The number of carbonyl (C=O) groups is 3. The van der Waals surface area contributed by atoms with Gasteiger partial charge in [0.25, 0.3) is 11.8 Å². The fraction of sp³-hybridized carbons (Fsp3) is 0.211. The minimum absolute atomic E-state index is 0.0407. The number of hydrogen-bond donors (Lipinski definition) is 2. The van der Waals surface area contributed by atoms with E-state index in [0.29, 0.717) is 0 Å². The van der Waals surface area contributed by atoms with Crippen molar-refractivity contribution in [1.29, 1.82) is 0 Å². The molecule has 0 fully saturated rings. The van der Waals surface area contributed by atoms with Crippen molar-refractivity contribution >= 4 is 17.8 Å². The molecule has 0 saturated heterocycles. The Balaban J connectivity index is 1.77. The van der Waals surface area contributed by atoms with Gasteiger partial charge in [-0.1, -0.05) is 42.5 Å². The molecule has 7 nitrogen and oxygen atoms in total. The third-order valence-electron chi connectivity index (χ3n) is 4.15. The molecule has 2 amide bonds. The molecule has 26 heavy (non-hydrogen) atoms. The van der Waals surface area contributed by atoms with Crippen LogP contribution in [0.25, 0.3) is 0 Å². The Kier molecular flexibility index (Phi) is 5.11. The number of fused-ring (bicyclic) bond motifs is 1. The zero-order chi connectivity index (χ0) is 18.7. The molecule has 2 N–H and O–H groups in total. The van der Waals surface area contributed by atoms with E-state index in [9.17, 15) is 19.5 Å². The van der Waals surface area contributed by atoms with Gasteiger partial charge in [0.1, 0.15) is 6.10 Å². The molecule has 134 valence electrons. The molecule has 2 unspecified atom stereocenters. The molecule has 1 heterocycles. The molecular weight excluding hydrogens is 338 g/mol. The Morgan fingerprint density at radius 2 is 1.50 bits per heavy atom. The van der Waals surface area contributed by atoms with Crippen LogP contribution >= 0.6 is 0 Å². The molecule has 7 heteroatoms. The van der Waals surface area contributed by atoms with Crippen molar-refractivity contribution in [3.8, 4) is 0 Å². The first-order valence-corrected chi connectivity index (χ1v) is 8.00. The van der Waals surface area contributed by atoms with E-state index in [2.05, 4.69) is 0 Å². The Labute approximate surface area is 149 Å². The van der Waals surface area contributed by atoms with Crippen LogP contribution in [0.2, 0.25) is 0 Å². The molecule has 2 aromatic carbocycles. The summed E-state index contributed by atoms with van der Waals surface area (Å²) < 4.78 is 5.53. The summed E-state index contributed by atoms with van der Waals surface area (Å²) in [4.78, 5) is 37.0. The Hall–Kier alpha value is -3.03. The molecule has 0 saturated carbocycles. The van der Waals surface area contributed by atoms with Crippen molar-refractivity contribution in [2.75, 3.05) is 6.54 Å². The zero-order valence-electron chi connectivity index (χ0n) is 13.7. The van der Waals surface area contributed by atoms with Crippen molar-refractivity contribution in [3.05, 3.63) is 71.3 Å². The van der Waals surface area contributed by atoms with Crippen molar-refractivity contribution in [3.63, 3.8) is 0 Å². The molecule has 3 rings (SSSR count). The first-order valence-electron chi connectivity index (χ1n) is 8.00. The summed E-state index contributed by atoms with van der Waals surface area (Å²) >= 11 is 0. The second kappa shape index (κ2) is 7.47. The second-order valence-corrected chi connectivity index (χ2v) is 5.88. The minimum Gasteiger partial charge on any atom is -0.479 e. The van der Waals surface area contributed by atoms with E-state index in [1.165, 1.54) is 12.1 Å². The van der Waals surface area contributed by atoms with Crippen LogP contribution in [-0.4, -0.2) is 51.6 Å². The fourth-order valence-electron chi connectivity index (χ4n) is 2.77. The lowest BCUT2D eigenvalue weighted by atomic mass is 10.1. The number of aliphatic hydroxyl groups is 1. The molecule has 0 radical (unpaired) electrons. The maximum atomic E-state index is 12.4. The van der Waals surface area contributed by atoms with E-state index in [0.717, 1.165) is 10.5 Å². The fourth-order valence-corrected chi connectivity index (χ4v) is 2.77. The standard InChI is InChI=1S/C19H17NO6/c21-16(19(24)25)15(26-11-12-6-2-1-3-7-12)10-20-17(22)13-8-4-5-9-14(13)18(20)23/h1-9,15-16,21H,10-11H2,(H,24,25). The summed E-state index contributed by atoms with van der Waals surface area (Å²) in [6.07, 6.45) is -3.13. The van der Waals surface area contributed by atoms with Gasteiger partial charge in [-0.15, -0.1) is 0 Å². The Bertz CT molecular complexity index is 800. The van der Waals surface area contributed by atoms with Crippen molar-refractivity contribution in [2.45, 2.75) is 18.8 Å². The summed E-state index contributed by atoms with van der Waals surface area (Å²) in [7, 11) is 0. The Morgan fingerprint density at radius 3 is 2.04 bits per heavy atom. The van der Waals surface area contributed by atoms with Crippen LogP contribution in [0.1, 0.15) is 26.3 Å². The topological polar surface area (TPSA) is 104 Å². The summed E-state index contributed by atoms with van der Waals surface area (Å²) in [5.41, 5.74) is 1.28. The minimum atomic E-state index is -1.87. The van der Waals surface area contributed by atoms with Crippen LogP contribution in [0.15, 0.2) is 54.6 Å². The number of carbonyl (C=O) groups excluding carboxylic acids is 2. The van der Waals surface area contributed by atoms with Crippen LogP contribution in [0.3, 0.4) is 0 Å². The summed E-state index contributed by atoms with van der Waals surface area (Å²) in [6, 6.07) is 15.3. The summed E-state index contributed by atoms with van der Waals surface area (Å²) in [6.45, 7) is -0.314. The van der Waals surface area contributed by atoms with Crippen LogP contribution in [0.4, 0.5) is 0 Å². The number of rotatable bonds is 7. The lowest BCUT2D eigenvalue weighted by Gasteiger charge is -2.25. The van der Waals surface area contributed by atoms with Crippen LogP contribution in [-0.2, 0) is 16.1 Å². The third-order valence-corrected chi connectivity index (χ3v) is 4.15. The quantitative estimate of drug-likeness (QED) is 0.726. The molecule has 2 atom stereocenters. The first-order chi connectivity index (χ1) is 12.5. The number of aliphatic hydroxyl groups excluding tert-OH is 1. The largest absolute Gasteiger partial charge is 0.479 e. The molecule has 1 aliphatic heterocycles. The van der Waals surface area contributed by atoms with E-state index in [4.69, 9.17) is 9.84 Å². The van der Waals surface area contributed by atoms with Gasteiger partial charge in [-0.2, -0.15) is 0 Å². The monoisotopic (exact) mass is 355 g/mol. The predicted molar refractivity (Wildman–Crippen MR) is 90.5 cm³/mol. The second-order valence-electron chi connectivity index (χ2n) is 5.88. The number of hydrogen-bond acceptors (Lipinski definition) is 5. The molecule has 0 aliphatic carbocycles. The predicted octanol–water partition coefficient (Wildman–Crippen LogP) is 1.31. The van der Waals surface area contributed by atoms with E-state index in [1.54, 1.807) is 36.4 Å².